The van der Waals surface area contributed by atoms with E-state index in [1.807, 2.05) is 6.92 Å². The van der Waals surface area contributed by atoms with Crippen molar-refractivity contribution in [2.45, 2.75) is 33.1 Å². The van der Waals surface area contributed by atoms with Crippen molar-refractivity contribution in [3.05, 3.63) is 4.88 Å². The van der Waals surface area contributed by atoms with Gasteiger partial charge in [0.15, 0.2) is 5.13 Å². The van der Waals surface area contributed by atoms with Crippen molar-refractivity contribution in [1.29, 1.82) is 0 Å². The molecule has 1 aromatic heterocycles. The van der Waals surface area contributed by atoms with Gasteiger partial charge in [-0.25, -0.2) is 4.98 Å². The van der Waals surface area contributed by atoms with Gasteiger partial charge in [0.2, 0.25) is 0 Å². The molecule has 114 valence electrons. The number of anilines is 2. The summed E-state index contributed by atoms with van der Waals surface area (Å²) in [4.78, 5) is 16.7. The molecule has 0 aromatic carbocycles. The molecular weight excluding hydrogens is 276 g/mol. The molecule has 0 saturated carbocycles. The summed E-state index contributed by atoms with van der Waals surface area (Å²) >= 11 is 1.27. The van der Waals surface area contributed by atoms with E-state index in [0.29, 0.717) is 23.0 Å². The summed E-state index contributed by atoms with van der Waals surface area (Å²) < 4.78 is 0. The molecule has 5 N–H and O–H groups in total. The molecule has 0 aliphatic rings. The van der Waals surface area contributed by atoms with Crippen molar-refractivity contribution in [2.24, 2.45) is 5.92 Å². The van der Waals surface area contributed by atoms with Crippen molar-refractivity contribution >= 4 is 28.2 Å². The number of aliphatic hydroxyl groups is 1. The number of nitrogens with zero attached hydrogens (tertiary/aromatic N) is 1. The van der Waals surface area contributed by atoms with Crippen LogP contribution in [0.25, 0.3) is 0 Å². The first-order chi connectivity index (χ1) is 9.62. The van der Waals surface area contributed by atoms with Gasteiger partial charge in [-0.15, -0.1) is 0 Å². The second kappa shape index (κ2) is 8.76. The molecule has 1 unspecified atom stereocenters. The predicted molar refractivity (Wildman–Crippen MR) is 83.1 cm³/mol. The highest BCUT2D eigenvalue weighted by atomic mass is 32.1. The van der Waals surface area contributed by atoms with Gasteiger partial charge in [-0.1, -0.05) is 31.6 Å². The molecule has 0 aliphatic heterocycles. The SMILES string of the molecule is CCCNc1nc(N)c(C(=O)NCC(CC)CCO)s1. The Bertz CT molecular complexity index is 423. The van der Waals surface area contributed by atoms with Gasteiger partial charge in [-0.3, -0.25) is 4.79 Å². The van der Waals surface area contributed by atoms with E-state index in [4.69, 9.17) is 10.8 Å². The molecule has 20 heavy (non-hydrogen) atoms. The molecule has 0 fully saturated rings. The van der Waals surface area contributed by atoms with Crippen LogP contribution in [0.1, 0.15) is 42.8 Å². The Morgan fingerprint density at radius 3 is 2.85 bits per heavy atom. The largest absolute Gasteiger partial charge is 0.396 e. The Balaban J connectivity index is 2.56. The summed E-state index contributed by atoms with van der Waals surface area (Å²) in [6, 6.07) is 0. The number of aliphatic hydroxyl groups excluding tert-OH is 1. The van der Waals surface area contributed by atoms with Crippen LogP contribution in [-0.4, -0.2) is 35.7 Å². The first kappa shape index (κ1) is 16.7. The molecule has 0 spiro atoms. The first-order valence-corrected chi connectivity index (χ1v) is 7.83. The summed E-state index contributed by atoms with van der Waals surface area (Å²) in [5.74, 6) is 0.359. The van der Waals surface area contributed by atoms with Crippen LogP contribution in [0.15, 0.2) is 0 Å². The number of thiazole rings is 1. The maximum atomic E-state index is 12.1. The van der Waals surface area contributed by atoms with Gasteiger partial charge in [-0.05, 0) is 18.8 Å². The summed E-state index contributed by atoms with van der Waals surface area (Å²) in [6.45, 7) is 5.60. The molecule has 1 rings (SSSR count). The number of aromatic nitrogens is 1. The zero-order chi connectivity index (χ0) is 15.0. The third-order valence-corrected chi connectivity index (χ3v) is 4.08. The third-order valence-electron chi connectivity index (χ3n) is 3.05. The van der Waals surface area contributed by atoms with E-state index >= 15 is 0 Å². The number of nitrogens with two attached hydrogens (primary N) is 1. The fourth-order valence-electron chi connectivity index (χ4n) is 1.75. The normalized spacial score (nSPS) is 12.2. The Morgan fingerprint density at radius 2 is 2.25 bits per heavy atom. The topological polar surface area (TPSA) is 100 Å². The van der Waals surface area contributed by atoms with Gasteiger partial charge in [0.1, 0.15) is 10.7 Å². The number of nitrogens with one attached hydrogen (secondary N) is 2. The number of carbonyl (C=O) groups is 1. The molecule has 1 amide bonds. The minimum Gasteiger partial charge on any atom is -0.396 e. The average Bonchev–Trinajstić information content (AvgIpc) is 2.82. The lowest BCUT2D eigenvalue weighted by Crippen LogP contribution is -2.29. The standard InChI is InChI=1S/C13H24N4O2S/c1-3-6-15-13-17-11(14)10(20-13)12(19)16-8-9(4-2)5-7-18/h9,18H,3-8,14H2,1-2H3,(H,15,17)(H,16,19). The zero-order valence-electron chi connectivity index (χ0n) is 12.1. The highest BCUT2D eigenvalue weighted by Gasteiger charge is 2.17. The second-order valence-electron chi connectivity index (χ2n) is 4.66. The molecule has 1 atom stereocenters. The van der Waals surface area contributed by atoms with Crippen LogP contribution in [0, 0.1) is 5.92 Å². The highest BCUT2D eigenvalue weighted by Crippen LogP contribution is 2.24. The number of hydrogen-bond acceptors (Lipinski definition) is 6. The Labute approximate surface area is 123 Å². The second-order valence-corrected chi connectivity index (χ2v) is 5.66. The quantitative estimate of drug-likeness (QED) is 0.556. The highest BCUT2D eigenvalue weighted by molar-refractivity contribution is 7.18. The van der Waals surface area contributed by atoms with Crippen LogP contribution in [-0.2, 0) is 0 Å². The average molecular weight is 300 g/mol. The van der Waals surface area contributed by atoms with Gasteiger partial charge in [0, 0.05) is 19.7 Å². The maximum absolute atomic E-state index is 12.1. The maximum Gasteiger partial charge on any atom is 0.265 e. The minimum atomic E-state index is -0.194. The lowest BCUT2D eigenvalue weighted by atomic mass is 10.0. The van der Waals surface area contributed by atoms with Crippen LogP contribution < -0.4 is 16.4 Å². The van der Waals surface area contributed by atoms with Crippen molar-refractivity contribution in [3.63, 3.8) is 0 Å². The molecular formula is C13H24N4O2S. The van der Waals surface area contributed by atoms with Gasteiger partial charge in [0.05, 0.1) is 0 Å². The van der Waals surface area contributed by atoms with E-state index in [1.54, 1.807) is 0 Å². The van der Waals surface area contributed by atoms with Crippen LogP contribution in [0.2, 0.25) is 0 Å². The monoisotopic (exact) mass is 300 g/mol. The molecule has 0 bridgehead atoms. The van der Waals surface area contributed by atoms with E-state index in [0.717, 1.165) is 19.4 Å². The molecule has 6 nitrogen and oxygen atoms in total. The summed E-state index contributed by atoms with van der Waals surface area (Å²) in [5.41, 5.74) is 5.77. The smallest absolute Gasteiger partial charge is 0.265 e. The molecule has 7 heteroatoms. The number of nitrogen functional groups attached to an aromatic ring is 1. The third kappa shape index (κ3) is 4.97. The number of rotatable bonds is 9. The van der Waals surface area contributed by atoms with Gasteiger partial charge in [-0.2, -0.15) is 0 Å². The van der Waals surface area contributed by atoms with Crippen LogP contribution >= 0.6 is 11.3 Å². The zero-order valence-corrected chi connectivity index (χ0v) is 12.9. The molecule has 0 radical (unpaired) electrons. The fourth-order valence-corrected chi connectivity index (χ4v) is 2.58. The van der Waals surface area contributed by atoms with E-state index in [9.17, 15) is 4.79 Å². The van der Waals surface area contributed by atoms with Crippen molar-refractivity contribution < 1.29 is 9.90 Å². The lowest BCUT2D eigenvalue weighted by molar-refractivity contribution is 0.0948. The molecule has 1 heterocycles. The van der Waals surface area contributed by atoms with Crippen molar-refractivity contribution in [3.8, 4) is 0 Å². The molecule has 1 aromatic rings. The van der Waals surface area contributed by atoms with Crippen LogP contribution in [0.4, 0.5) is 10.9 Å². The Kier molecular flexibility index (Phi) is 7.32. The van der Waals surface area contributed by atoms with Crippen molar-refractivity contribution in [1.82, 2.24) is 10.3 Å². The fraction of sp³-hybridized carbons (Fsp3) is 0.692. The lowest BCUT2D eigenvalue weighted by Gasteiger charge is -2.13. The van der Waals surface area contributed by atoms with Gasteiger partial charge < -0.3 is 21.5 Å². The van der Waals surface area contributed by atoms with E-state index < -0.39 is 0 Å². The van der Waals surface area contributed by atoms with E-state index in [1.165, 1.54) is 11.3 Å². The Hall–Kier alpha value is -1.34. The van der Waals surface area contributed by atoms with Crippen LogP contribution in [0.3, 0.4) is 0 Å². The number of carbonyl (C=O) groups excluding carboxylic acids is 1. The summed E-state index contributed by atoms with van der Waals surface area (Å²) in [7, 11) is 0. The van der Waals surface area contributed by atoms with E-state index in [-0.39, 0.29) is 24.2 Å². The summed E-state index contributed by atoms with van der Waals surface area (Å²) in [5, 5.41) is 15.6. The van der Waals surface area contributed by atoms with Gasteiger partial charge >= 0.3 is 0 Å². The number of amides is 1. The van der Waals surface area contributed by atoms with E-state index in [2.05, 4.69) is 22.5 Å². The number of hydrogen-bond donors (Lipinski definition) is 4. The minimum absolute atomic E-state index is 0.141. The molecule has 0 aliphatic carbocycles. The first-order valence-electron chi connectivity index (χ1n) is 7.01. The molecule has 0 saturated heterocycles. The predicted octanol–water partition coefficient (Wildman–Crippen LogP) is 1.69. The Morgan fingerprint density at radius 1 is 1.50 bits per heavy atom. The van der Waals surface area contributed by atoms with Gasteiger partial charge in [0.25, 0.3) is 5.91 Å². The van der Waals surface area contributed by atoms with Crippen molar-refractivity contribution in [2.75, 3.05) is 30.7 Å². The van der Waals surface area contributed by atoms with Crippen LogP contribution in [0.5, 0.6) is 0 Å². The summed E-state index contributed by atoms with van der Waals surface area (Å²) in [6.07, 6.45) is 2.60.